The van der Waals surface area contributed by atoms with Crippen molar-refractivity contribution in [1.82, 2.24) is 4.90 Å². The van der Waals surface area contributed by atoms with Crippen molar-refractivity contribution in [3.05, 3.63) is 24.3 Å². The van der Waals surface area contributed by atoms with Crippen LogP contribution in [0.2, 0.25) is 0 Å². The van der Waals surface area contributed by atoms with Crippen molar-refractivity contribution in [3.8, 4) is 5.75 Å². The molecule has 18 heavy (non-hydrogen) atoms. The number of alkyl halides is 2. The van der Waals surface area contributed by atoms with Gasteiger partial charge in [0.2, 0.25) is 0 Å². The fourth-order valence-corrected chi connectivity index (χ4v) is 1.41. The molecule has 0 aliphatic carbocycles. The molecule has 1 aromatic carbocycles. The van der Waals surface area contributed by atoms with E-state index in [2.05, 4.69) is 0 Å². The maximum absolute atomic E-state index is 12.0. The molecule has 0 aliphatic heterocycles. The Bertz CT molecular complexity index is 366. The monoisotopic (exact) mass is 259 g/mol. The Hall–Kier alpha value is -1.18. The molecule has 4 nitrogen and oxygen atoms in total. The van der Waals surface area contributed by atoms with E-state index < -0.39 is 13.5 Å². The maximum atomic E-state index is 12.0. The molecule has 0 fully saturated rings. The lowest BCUT2D eigenvalue weighted by Gasteiger charge is -2.16. The summed E-state index contributed by atoms with van der Waals surface area (Å²) in [6, 6.07) is 6.35. The van der Waals surface area contributed by atoms with Gasteiger partial charge in [0, 0.05) is 6.54 Å². The van der Waals surface area contributed by atoms with E-state index in [1.807, 2.05) is 0 Å². The van der Waals surface area contributed by atoms with Crippen molar-refractivity contribution in [2.45, 2.75) is 6.43 Å². The number of hydrogen-bond acceptors (Lipinski definition) is 4. The number of rotatable bonds is 7. The zero-order valence-corrected chi connectivity index (χ0v) is 10.1. The van der Waals surface area contributed by atoms with Crippen molar-refractivity contribution in [2.24, 2.45) is 0 Å². The third-order valence-corrected chi connectivity index (χ3v) is 2.35. The first-order valence-corrected chi connectivity index (χ1v) is 5.54. The van der Waals surface area contributed by atoms with E-state index in [4.69, 9.17) is 14.8 Å². The number of benzene rings is 1. The summed E-state index contributed by atoms with van der Waals surface area (Å²) in [5.41, 5.74) is 0.327. The van der Waals surface area contributed by atoms with Gasteiger partial charge >= 0.3 is 7.12 Å². The van der Waals surface area contributed by atoms with E-state index in [1.54, 1.807) is 25.2 Å². The standard InChI is InChI=1S/C11H16BF2NO3/c1-15(8-11(13)14)5-6-18-10-4-2-3-9(7-10)12(16)17/h2-4,7,11,16-17H,5-6,8H2,1H3. The van der Waals surface area contributed by atoms with Gasteiger partial charge in [-0.25, -0.2) is 8.78 Å². The molecule has 0 atom stereocenters. The fourth-order valence-electron chi connectivity index (χ4n) is 1.41. The molecule has 0 bridgehead atoms. The molecule has 0 saturated carbocycles. The predicted molar refractivity (Wildman–Crippen MR) is 65.3 cm³/mol. The van der Waals surface area contributed by atoms with Crippen LogP contribution in [0.15, 0.2) is 24.3 Å². The second kappa shape index (κ2) is 7.30. The normalized spacial score (nSPS) is 11.1. The summed E-state index contributed by atoms with van der Waals surface area (Å²) >= 11 is 0. The van der Waals surface area contributed by atoms with Crippen LogP contribution in [-0.4, -0.2) is 55.2 Å². The molecule has 1 rings (SSSR count). The molecule has 2 N–H and O–H groups in total. The molecule has 0 saturated heterocycles. The van der Waals surface area contributed by atoms with Crippen LogP contribution in [0.5, 0.6) is 5.75 Å². The summed E-state index contributed by atoms with van der Waals surface area (Å²) in [6.45, 7) is 0.337. The van der Waals surface area contributed by atoms with Gasteiger partial charge in [-0.2, -0.15) is 0 Å². The summed E-state index contributed by atoms with van der Waals surface area (Å²) in [5, 5.41) is 17.9. The van der Waals surface area contributed by atoms with Gasteiger partial charge in [-0.05, 0) is 24.6 Å². The van der Waals surface area contributed by atoms with Gasteiger partial charge in [0.15, 0.2) is 0 Å². The lowest BCUT2D eigenvalue weighted by atomic mass is 9.80. The summed E-state index contributed by atoms with van der Waals surface area (Å²) in [5.74, 6) is 0.478. The lowest BCUT2D eigenvalue weighted by Crippen LogP contribution is -2.30. The van der Waals surface area contributed by atoms with Crippen LogP contribution >= 0.6 is 0 Å². The van der Waals surface area contributed by atoms with E-state index >= 15 is 0 Å². The summed E-state index contributed by atoms with van der Waals surface area (Å²) in [6.07, 6.45) is -2.36. The van der Waals surface area contributed by atoms with Gasteiger partial charge in [-0.15, -0.1) is 0 Å². The minimum absolute atomic E-state index is 0.258. The van der Waals surface area contributed by atoms with E-state index in [9.17, 15) is 8.78 Å². The average Bonchev–Trinajstić information content (AvgIpc) is 2.28. The largest absolute Gasteiger partial charge is 0.492 e. The average molecular weight is 259 g/mol. The SMILES string of the molecule is CN(CCOc1cccc(B(O)O)c1)CC(F)F. The van der Waals surface area contributed by atoms with Crippen molar-refractivity contribution < 1.29 is 23.6 Å². The van der Waals surface area contributed by atoms with E-state index in [0.29, 0.717) is 17.8 Å². The van der Waals surface area contributed by atoms with Crippen molar-refractivity contribution in [1.29, 1.82) is 0 Å². The highest BCUT2D eigenvalue weighted by atomic mass is 19.3. The molecular formula is C11H16BF2NO3. The first kappa shape index (κ1) is 14.9. The minimum atomic E-state index is -2.36. The second-order valence-corrected chi connectivity index (χ2v) is 3.95. The third-order valence-electron chi connectivity index (χ3n) is 2.35. The Morgan fingerprint density at radius 2 is 2.11 bits per heavy atom. The van der Waals surface area contributed by atoms with Crippen LogP contribution in [0.4, 0.5) is 8.78 Å². The molecule has 0 heterocycles. The van der Waals surface area contributed by atoms with Gasteiger partial charge in [0.1, 0.15) is 12.4 Å². The Kier molecular flexibility index (Phi) is 6.04. The zero-order chi connectivity index (χ0) is 13.5. The van der Waals surface area contributed by atoms with Crippen LogP contribution in [0, 0.1) is 0 Å². The Morgan fingerprint density at radius 3 is 2.72 bits per heavy atom. The number of nitrogens with zero attached hydrogens (tertiary/aromatic N) is 1. The van der Waals surface area contributed by atoms with Crippen LogP contribution in [0.1, 0.15) is 0 Å². The fraction of sp³-hybridized carbons (Fsp3) is 0.455. The van der Waals surface area contributed by atoms with Crippen LogP contribution in [-0.2, 0) is 0 Å². The topological polar surface area (TPSA) is 52.9 Å². The second-order valence-electron chi connectivity index (χ2n) is 3.95. The Balaban J connectivity index is 2.37. The molecule has 100 valence electrons. The molecular weight excluding hydrogens is 243 g/mol. The van der Waals surface area contributed by atoms with Crippen LogP contribution in [0.25, 0.3) is 0 Å². The summed E-state index contributed by atoms with van der Waals surface area (Å²) in [4.78, 5) is 1.47. The third kappa shape index (κ3) is 5.44. The molecule has 0 amide bonds. The van der Waals surface area contributed by atoms with Gasteiger partial charge in [-0.3, -0.25) is 4.90 Å². The zero-order valence-electron chi connectivity index (χ0n) is 10.1. The maximum Gasteiger partial charge on any atom is 0.488 e. The van der Waals surface area contributed by atoms with Gasteiger partial charge in [0.25, 0.3) is 6.43 Å². The quantitative estimate of drug-likeness (QED) is 0.674. The summed E-state index contributed by atoms with van der Waals surface area (Å²) in [7, 11) is 0.0405. The highest BCUT2D eigenvalue weighted by Crippen LogP contribution is 2.07. The van der Waals surface area contributed by atoms with Gasteiger partial charge in [0.05, 0.1) is 6.54 Å². The van der Waals surface area contributed by atoms with Gasteiger partial charge in [-0.1, -0.05) is 12.1 Å². The van der Waals surface area contributed by atoms with Crippen LogP contribution in [0.3, 0.4) is 0 Å². The number of hydrogen-bond donors (Lipinski definition) is 2. The van der Waals surface area contributed by atoms with Gasteiger partial charge < -0.3 is 14.8 Å². The lowest BCUT2D eigenvalue weighted by molar-refractivity contribution is 0.0935. The minimum Gasteiger partial charge on any atom is -0.492 e. The highest BCUT2D eigenvalue weighted by molar-refractivity contribution is 6.58. The van der Waals surface area contributed by atoms with E-state index in [0.717, 1.165) is 0 Å². The van der Waals surface area contributed by atoms with E-state index in [1.165, 1.54) is 11.0 Å². The first-order chi connectivity index (χ1) is 8.49. The molecule has 1 aromatic rings. The van der Waals surface area contributed by atoms with Crippen molar-refractivity contribution in [2.75, 3.05) is 26.7 Å². The number of ether oxygens (including phenoxy) is 1. The van der Waals surface area contributed by atoms with E-state index in [-0.39, 0.29) is 13.2 Å². The van der Waals surface area contributed by atoms with Crippen molar-refractivity contribution in [3.63, 3.8) is 0 Å². The molecule has 0 unspecified atom stereocenters. The molecule has 7 heteroatoms. The summed E-state index contributed by atoms with van der Waals surface area (Å²) < 4.78 is 29.4. The molecule has 0 spiro atoms. The highest BCUT2D eigenvalue weighted by Gasteiger charge is 2.11. The van der Waals surface area contributed by atoms with Crippen molar-refractivity contribution >= 4 is 12.6 Å². The predicted octanol–water partition coefficient (Wildman–Crippen LogP) is -0.0579. The Labute approximate surface area is 105 Å². The Morgan fingerprint density at radius 1 is 1.39 bits per heavy atom. The number of halogens is 2. The van der Waals surface area contributed by atoms with Crippen LogP contribution < -0.4 is 10.2 Å². The molecule has 0 aliphatic rings. The number of likely N-dealkylation sites (N-methyl/N-ethyl adjacent to an activating group) is 1. The molecule has 0 aromatic heterocycles. The first-order valence-electron chi connectivity index (χ1n) is 5.54. The smallest absolute Gasteiger partial charge is 0.488 e. The molecule has 0 radical (unpaired) electrons.